The highest BCUT2D eigenvalue weighted by Gasteiger charge is 2.30. The maximum Gasteiger partial charge on any atom is 0.228 e. The van der Waals surface area contributed by atoms with Crippen LogP contribution in [-0.2, 0) is 4.79 Å². The van der Waals surface area contributed by atoms with Crippen LogP contribution < -0.4 is 15.4 Å². The molecular weight excluding hydrogens is 359 g/mol. The molecule has 1 amide bonds. The van der Waals surface area contributed by atoms with Crippen LogP contribution in [0.5, 0.6) is 5.75 Å². The lowest BCUT2D eigenvalue weighted by Crippen LogP contribution is -2.44. The molecule has 1 aliphatic carbocycles. The fourth-order valence-electron chi connectivity index (χ4n) is 3.24. The van der Waals surface area contributed by atoms with E-state index in [1.54, 1.807) is 24.4 Å². The first-order chi connectivity index (χ1) is 13.6. The summed E-state index contributed by atoms with van der Waals surface area (Å²) in [5.41, 5.74) is 1.98. The standard InChI is InChI=1S/C21H21FN4O2/c22-17-12-24-7-6-19(17)28-18-4-3-14(9-16(18)11-23)15-5-8-25-20(10-15)26-21(27)13-1-2-13/h3-5,8-10,13,17,19,24H,1-2,6-7,12H2,(H,25,26,27)/t17-,19+/m1/s1. The summed E-state index contributed by atoms with van der Waals surface area (Å²) in [5, 5.41) is 15.3. The molecule has 7 heteroatoms. The molecule has 6 nitrogen and oxygen atoms in total. The molecule has 1 aromatic carbocycles. The van der Waals surface area contributed by atoms with E-state index in [0.717, 1.165) is 24.0 Å². The Morgan fingerprint density at radius 3 is 2.82 bits per heavy atom. The summed E-state index contributed by atoms with van der Waals surface area (Å²) < 4.78 is 19.8. The molecule has 28 heavy (non-hydrogen) atoms. The molecule has 0 spiro atoms. The Labute approximate surface area is 162 Å². The number of benzene rings is 1. The predicted octanol–water partition coefficient (Wildman–Crippen LogP) is 3.05. The maximum atomic E-state index is 14.0. The molecule has 1 saturated heterocycles. The minimum absolute atomic E-state index is 0.00569. The first-order valence-corrected chi connectivity index (χ1v) is 9.47. The van der Waals surface area contributed by atoms with Crippen LogP contribution >= 0.6 is 0 Å². The fraction of sp³-hybridized carbons (Fsp3) is 0.381. The Hall–Kier alpha value is -2.98. The molecule has 144 valence electrons. The largest absolute Gasteiger partial charge is 0.486 e. The van der Waals surface area contributed by atoms with Gasteiger partial charge >= 0.3 is 0 Å². The van der Waals surface area contributed by atoms with Gasteiger partial charge in [-0.15, -0.1) is 0 Å². The van der Waals surface area contributed by atoms with Gasteiger partial charge in [0.15, 0.2) is 0 Å². The monoisotopic (exact) mass is 380 g/mol. The normalized spacial score (nSPS) is 21.6. The summed E-state index contributed by atoms with van der Waals surface area (Å²) in [6.45, 7) is 0.953. The van der Waals surface area contributed by atoms with E-state index in [-0.39, 0.29) is 18.4 Å². The molecule has 0 radical (unpaired) electrons. The predicted molar refractivity (Wildman–Crippen MR) is 103 cm³/mol. The van der Waals surface area contributed by atoms with Crippen molar-refractivity contribution < 1.29 is 13.9 Å². The number of rotatable bonds is 5. The number of carbonyl (C=O) groups excluding carboxylic acids is 1. The lowest BCUT2D eigenvalue weighted by molar-refractivity contribution is -0.117. The maximum absolute atomic E-state index is 14.0. The second-order valence-corrected chi connectivity index (χ2v) is 7.18. The number of anilines is 1. The Morgan fingerprint density at radius 1 is 1.25 bits per heavy atom. The van der Waals surface area contributed by atoms with Crippen molar-refractivity contribution in [2.45, 2.75) is 31.5 Å². The number of carbonyl (C=O) groups is 1. The number of aromatic nitrogens is 1. The lowest BCUT2D eigenvalue weighted by atomic mass is 10.0. The van der Waals surface area contributed by atoms with Gasteiger partial charge < -0.3 is 15.4 Å². The van der Waals surface area contributed by atoms with E-state index in [9.17, 15) is 14.4 Å². The van der Waals surface area contributed by atoms with Crippen LogP contribution in [0.25, 0.3) is 11.1 Å². The van der Waals surface area contributed by atoms with Crippen molar-refractivity contribution in [2.75, 3.05) is 18.4 Å². The summed E-state index contributed by atoms with van der Waals surface area (Å²) in [5.74, 6) is 0.968. The van der Waals surface area contributed by atoms with E-state index in [1.165, 1.54) is 0 Å². The van der Waals surface area contributed by atoms with Gasteiger partial charge in [-0.05, 0) is 61.2 Å². The van der Waals surface area contributed by atoms with Gasteiger partial charge in [0.1, 0.15) is 29.9 Å². The summed E-state index contributed by atoms with van der Waals surface area (Å²) in [4.78, 5) is 16.1. The van der Waals surface area contributed by atoms with E-state index in [0.29, 0.717) is 30.1 Å². The van der Waals surface area contributed by atoms with Crippen LogP contribution in [0.4, 0.5) is 10.2 Å². The van der Waals surface area contributed by atoms with E-state index in [1.807, 2.05) is 12.1 Å². The Morgan fingerprint density at radius 2 is 2.07 bits per heavy atom. The number of piperidine rings is 1. The van der Waals surface area contributed by atoms with E-state index in [4.69, 9.17) is 4.74 Å². The van der Waals surface area contributed by atoms with Gasteiger partial charge in [-0.3, -0.25) is 4.79 Å². The number of nitriles is 1. The highest BCUT2D eigenvalue weighted by Crippen LogP contribution is 2.31. The minimum atomic E-state index is -1.10. The van der Waals surface area contributed by atoms with E-state index >= 15 is 0 Å². The zero-order valence-corrected chi connectivity index (χ0v) is 15.3. The Bertz CT molecular complexity index is 923. The van der Waals surface area contributed by atoms with Gasteiger partial charge in [0, 0.05) is 18.7 Å². The molecule has 2 aromatic rings. The third kappa shape index (κ3) is 4.12. The zero-order chi connectivity index (χ0) is 19.5. The van der Waals surface area contributed by atoms with Crippen LogP contribution in [0.1, 0.15) is 24.8 Å². The van der Waals surface area contributed by atoms with Crippen molar-refractivity contribution in [3.63, 3.8) is 0 Å². The molecule has 4 rings (SSSR count). The first-order valence-electron chi connectivity index (χ1n) is 9.47. The summed E-state index contributed by atoms with van der Waals surface area (Å²) in [6.07, 6.45) is 2.38. The molecule has 0 bridgehead atoms. The van der Waals surface area contributed by atoms with E-state index < -0.39 is 12.3 Å². The number of nitrogens with one attached hydrogen (secondary N) is 2. The molecule has 2 heterocycles. The quantitative estimate of drug-likeness (QED) is 0.833. The Kier molecular flexibility index (Phi) is 5.22. The SMILES string of the molecule is N#Cc1cc(-c2ccnc(NC(=O)C3CC3)c2)ccc1O[C@H]1CCNC[C@H]1F. The zero-order valence-electron chi connectivity index (χ0n) is 15.3. The highest BCUT2D eigenvalue weighted by molar-refractivity contribution is 5.93. The minimum Gasteiger partial charge on any atom is -0.486 e. The van der Waals surface area contributed by atoms with Gasteiger partial charge in [-0.2, -0.15) is 5.26 Å². The summed E-state index contributed by atoms with van der Waals surface area (Å²) in [7, 11) is 0. The van der Waals surface area contributed by atoms with Crippen LogP contribution in [0.2, 0.25) is 0 Å². The van der Waals surface area contributed by atoms with Crippen molar-refractivity contribution >= 4 is 11.7 Å². The number of halogens is 1. The number of hydrogen-bond acceptors (Lipinski definition) is 5. The fourth-order valence-corrected chi connectivity index (χ4v) is 3.24. The molecular formula is C21H21FN4O2. The molecule has 0 unspecified atom stereocenters. The first kappa shape index (κ1) is 18.4. The molecule has 1 saturated carbocycles. The van der Waals surface area contributed by atoms with E-state index in [2.05, 4.69) is 21.7 Å². The van der Waals surface area contributed by atoms with Crippen LogP contribution in [-0.4, -0.2) is 36.3 Å². The third-order valence-electron chi connectivity index (χ3n) is 5.02. The van der Waals surface area contributed by atoms with Crippen molar-refractivity contribution in [3.8, 4) is 22.9 Å². The Balaban J connectivity index is 1.54. The van der Waals surface area contributed by atoms with Gasteiger partial charge in [0.25, 0.3) is 0 Å². The number of ether oxygens (including phenoxy) is 1. The van der Waals surface area contributed by atoms with Crippen molar-refractivity contribution in [3.05, 3.63) is 42.1 Å². The second kappa shape index (κ2) is 7.95. The smallest absolute Gasteiger partial charge is 0.228 e. The number of pyridine rings is 1. The number of amides is 1. The average molecular weight is 380 g/mol. The molecule has 2 atom stereocenters. The number of nitrogens with zero attached hydrogens (tertiary/aromatic N) is 2. The summed E-state index contributed by atoms with van der Waals surface area (Å²) in [6, 6.07) is 11.0. The number of hydrogen-bond donors (Lipinski definition) is 2. The van der Waals surface area contributed by atoms with Crippen molar-refractivity contribution in [1.82, 2.24) is 10.3 Å². The summed E-state index contributed by atoms with van der Waals surface area (Å²) >= 11 is 0. The average Bonchev–Trinajstić information content (AvgIpc) is 3.56. The molecule has 1 aliphatic heterocycles. The van der Waals surface area contributed by atoms with Gasteiger partial charge in [0.05, 0.1) is 5.56 Å². The third-order valence-corrected chi connectivity index (χ3v) is 5.02. The molecule has 2 fully saturated rings. The van der Waals surface area contributed by atoms with Gasteiger partial charge in [-0.25, -0.2) is 9.37 Å². The highest BCUT2D eigenvalue weighted by atomic mass is 19.1. The van der Waals surface area contributed by atoms with Crippen LogP contribution in [0, 0.1) is 17.2 Å². The van der Waals surface area contributed by atoms with Crippen LogP contribution in [0.15, 0.2) is 36.5 Å². The molecule has 2 N–H and O–H groups in total. The molecule has 2 aliphatic rings. The van der Waals surface area contributed by atoms with Crippen molar-refractivity contribution in [1.29, 1.82) is 5.26 Å². The topological polar surface area (TPSA) is 87.0 Å². The lowest BCUT2D eigenvalue weighted by Gasteiger charge is -2.27. The van der Waals surface area contributed by atoms with Gasteiger partial charge in [0.2, 0.25) is 5.91 Å². The number of alkyl halides is 1. The van der Waals surface area contributed by atoms with Gasteiger partial charge in [-0.1, -0.05) is 6.07 Å². The second-order valence-electron chi connectivity index (χ2n) is 7.18. The van der Waals surface area contributed by atoms with Crippen molar-refractivity contribution in [2.24, 2.45) is 5.92 Å². The van der Waals surface area contributed by atoms with Crippen LogP contribution in [0.3, 0.4) is 0 Å². The molecule has 1 aromatic heterocycles.